The van der Waals surface area contributed by atoms with Crippen molar-refractivity contribution in [2.45, 2.75) is 52.6 Å². The van der Waals surface area contributed by atoms with E-state index in [1.165, 1.54) is 14.2 Å². The molecule has 2 aromatic carbocycles. The second kappa shape index (κ2) is 12.4. The Labute approximate surface area is 196 Å². The minimum absolute atomic E-state index is 0. The van der Waals surface area contributed by atoms with Gasteiger partial charge < -0.3 is 19.7 Å². The Bertz CT molecular complexity index is 809. The van der Waals surface area contributed by atoms with Crippen LogP contribution in [0.25, 0.3) is 0 Å². The van der Waals surface area contributed by atoms with Gasteiger partial charge in [-0.2, -0.15) is 0 Å². The Kier molecular flexibility index (Phi) is 11.4. The Morgan fingerprint density at radius 1 is 0.677 bits per heavy atom. The summed E-state index contributed by atoms with van der Waals surface area (Å²) in [4.78, 5) is 8.64. The molecule has 1 radical (unpaired) electrons. The third-order valence-corrected chi connectivity index (χ3v) is 3.68. The third kappa shape index (κ3) is 10.4. The van der Waals surface area contributed by atoms with Gasteiger partial charge in [0.1, 0.15) is 0 Å². The number of ether oxygens (including phenoxy) is 2. The largest absolute Gasteiger partial charge is 0.504 e. The van der Waals surface area contributed by atoms with E-state index in [4.69, 9.17) is 9.47 Å². The van der Waals surface area contributed by atoms with Gasteiger partial charge in [-0.1, -0.05) is 12.1 Å². The second-order valence-corrected chi connectivity index (χ2v) is 8.65. The van der Waals surface area contributed by atoms with Crippen LogP contribution in [0.2, 0.25) is 0 Å². The zero-order valence-electron chi connectivity index (χ0n) is 19.6. The fourth-order valence-corrected chi connectivity index (χ4v) is 2.14. The number of nitrogens with zero attached hydrogens (tertiary/aromatic N) is 2. The minimum Gasteiger partial charge on any atom is -0.504 e. The fourth-order valence-electron chi connectivity index (χ4n) is 2.14. The predicted octanol–water partition coefficient (Wildman–Crippen LogP) is 5.23. The first-order valence-electron chi connectivity index (χ1n) is 9.70. The summed E-state index contributed by atoms with van der Waals surface area (Å²) in [6, 6.07) is 10.7. The van der Waals surface area contributed by atoms with Crippen LogP contribution in [0, 0.1) is 0 Å². The Morgan fingerprint density at radius 3 is 1.26 bits per heavy atom. The van der Waals surface area contributed by atoms with Crippen molar-refractivity contribution in [3.63, 3.8) is 0 Å². The second-order valence-electron chi connectivity index (χ2n) is 8.65. The minimum atomic E-state index is -0.143. The summed E-state index contributed by atoms with van der Waals surface area (Å²) < 4.78 is 10.0. The molecule has 0 aliphatic carbocycles. The Hall–Kier alpha value is -2.51. The molecule has 0 saturated heterocycles. The Morgan fingerprint density at radius 2 is 1.00 bits per heavy atom. The van der Waals surface area contributed by atoms with Crippen LogP contribution in [-0.2, 0) is 16.8 Å². The van der Waals surface area contributed by atoms with E-state index < -0.39 is 0 Å². The average Bonchev–Trinajstić information content (AvgIpc) is 2.65. The zero-order chi connectivity index (χ0) is 22.9. The van der Waals surface area contributed by atoms with Gasteiger partial charge in [-0.25, -0.2) is 0 Å². The van der Waals surface area contributed by atoms with Crippen LogP contribution in [0.3, 0.4) is 0 Å². The monoisotopic (exact) mass is 473 g/mol. The van der Waals surface area contributed by atoms with Crippen LogP contribution >= 0.6 is 0 Å². The number of para-hydroxylation sites is 2. The molecule has 31 heavy (non-hydrogen) atoms. The molecule has 0 aliphatic rings. The first kappa shape index (κ1) is 28.5. The summed E-state index contributed by atoms with van der Waals surface area (Å²) in [5.74, 6) is 1.20. The predicted molar refractivity (Wildman–Crippen MR) is 124 cm³/mol. The molecule has 2 rings (SSSR count). The van der Waals surface area contributed by atoms with Crippen molar-refractivity contribution in [3.8, 4) is 23.0 Å². The van der Waals surface area contributed by atoms with Crippen molar-refractivity contribution in [2.24, 2.45) is 9.98 Å². The van der Waals surface area contributed by atoms with Gasteiger partial charge in [0.25, 0.3) is 0 Å². The molecule has 0 aromatic heterocycles. The molecule has 7 heteroatoms. The van der Waals surface area contributed by atoms with E-state index in [1.807, 2.05) is 53.7 Å². The molecule has 0 atom stereocenters. The van der Waals surface area contributed by atoms with Gasteiger partial charge >= 0.3 is 0 Å². The van der Waals surface area contributed by atoms with Crippen molar-refractivity contribution in [1.29, 1.82) is 0 Å². The number of benzene rings is 2. The molecular weight excluding hydrogens is 439 g/mol. The van der Waals surface area contributed by atoms with Gasteiger partial charge in [-0.05, 0) is 65.8 Å². The molecule has 6 nitrogen and oxygen atoms in total. The number of rotatable bonds is 4. The third-order valence-electron chi connectivity index (χ3n) is 3.68. The van der Waals surface area contributed by atoms with E-state index in [2.05, 4.69) is 9.98 Å². The molecule has 2 aromatic rings. The number of phenols is 2. The fraction of sp³-hybridized carbons (Fsp3) is 0.417. The number of aromatic hydroxyl groups is 2. The molecule has 0 heterocycles. The first-order chi connectivity index (χ1) is 13.9. The normalized spacial score (nSPS) is 11.6. The summed E-state index contributed by atoms with van der Waals surface area (Å²) >= 11 is 0. The molecular formula is C24H34CoN2O4. The summed E-state index contributed by atoms with van der Waals surface area (Å²) in [6.45, 7) is 12.0. The van der Waals surface area contributed by atoms with E-state index in [1.54, 1.807) is 36.7 Å². The van der Waals surface area contributed by atoms with Crippen LogP contribution in [0.15, 0.2) is 46.4 Å². The maximum absolute atomic E-state index is 9.77. The molecule has 0 amide bonds. The van der Waals surface area contributed by atoms with Crippen molar-refractivity contribution in [2.75, 3.05) is 14.2 Å². The van der Waals surface area contributed by atoms with Crippen LogP contribution in [-0.4, -0.2) is 47.9 Å². The van der Waals surface area contributed by atoms with E-state index in [0.717, 1.165) is 0 Å². The SMILES string of the molecule is COc1cccc(C=NC(C)(C)C)c1O.COc1cccc(C=NC(C)(C)C)c1O.[Co]. The standard InChI is InChI=1S/2C12H17NO2.Co/c2*1-12(2,3)13-8-9-6-5-7-10(15-4)11(9)14;/h2*5-8,14H,1-4H3;. The molecule has 0 spiro atoms. The van der Waals surface area contributed by atoms with Crippen LogP contribution in [0.5, 0.6) is 23.0 Å². The van der Waals surface area contributed by atoms with E-state index in [0.29, 0.717) is 22.6 Å². The van der Waals surface area contributed by atoms with Gasteiger partial charge in [-0.15, -0.1) is 0 Å². The quantitative estimate of drug-likeness (QED) is 0.596. The molecule has 0 fully saturated rings. The molecule has 2 N–H and O–H groups in total. The molecule has 0 unspecified atom stereocenters. The number of methoxy groups -OCH3 is 2. The van der Waals surface area contributed by atoms with Crippen LogP contribution < -0.4 is 9.47 Å². The van der Waals surface area contributed by atoms with Crippen LogP contribution in [0.4, 0.5) is 0 Å². The zero-order valence-corrected chi connectivity index (χ0v) is 20.6. The maximum atomic E-state index is 9.77. The number of phenolic OH excluding ortho intramolecular Hbond substituents is 2. The van der Waals surface area contributed by atoms with Crippen LogP contribution in [0.1, 0.15) is 52.7 Å². The van der Waals surface area contributed by atoms with E-state index in [9.17, 15) is 10.2 Å². The van der Waals surface area contributed by atoms with Gasteiger partial charge in [0.2, 0.25) is 0 Å². The summed E-state index contributed by atoms with van der Waals surface area (Å²) in [5.41, 5.74) is 1.05. The molecule has 173 valence electrons. The summed E-state index contributed by atoms with van der Waals surface area (Å²) in [7, 11) is 3.06. The van der Waals surface area contributed by atoms with Crippen molar-refractivity contribution in [1.82, 2.24) is 0 Å². The average molecular weight is 473 g/mol. The van der Waals surface area contributed by atoms with E-state index in [-0.39, 0.29) is 39.4 Å². The number of hydrogen-bond acceptors (Lipinski definition) is 6. The smallest absolute Gasteiger partial charge is 0.166 e. The maximum Gasteiger partial charge on any atom is 0.166 e. The van der Waals surface area contributed by atoms with Gasteiger partial charge in [-0.3, -0.25) is 9.98 Å². The number of aliphatic imine (C=N–C) groups is 2. The Balaban J connectivity index is 0.000000562. The molecule has 0 saturated carbocycles. The molecule has 0 bridgehead atoms. The van der Waals surface area contributed by atoms with Crippen molar-refractivity contribution < 1.29 is 36.5 Å². The van der Waals surface area contributed by atoms with E-state index >= 15 is 0 Å². The number of hydrogen-bond donors (Lipinski definition) is 2. The summed E-state index contributed by atoms with van der Waals surface area (Å²) in [6.07, 6.45) is 3.33. The van der Waals surface area contributed by atoms with Gasteiger partial charge in [0.15, 0.2) is 23.0 Å². The molecule has 0 aliphatic heterocycles. The van der Waals surface area contributed by atoms with Gasteiger partial charge in [0.05, 0.1) is 25.3 Å². The topological polar surface area (TPSA) is 83.6 Å². The van der Waals surface area contributed by atoms with Crippen molar-refractivity contribution >= 4 is 12.4 Å². The van der Waals surface area contributed by atoms with Gasteiger partial charge in [0, 0.05) is 40.3 Å². The summed E-state index contributed by atoms with van der Waals surface area (Å²) in [5, 5.41) is 19.5. The first-order valence-corrected chi connectivity index (χ1v) is 9.70. The van der Waals surface area contributed by atoms with Crippen molar-refractivity contribution in [3.05, 3.63) is 47.5 Å².